The molecule has 1 aromatic heterocycles. The van der Waals surface area contributed by atoms with Crippen LogP contribution in [-0.2, 0) is 39.7 Å². The average Bonchev–Trinajstić information content (AvgIpc) is 3.69. The molecule has 0 aliphatic rings. The first-order valence-corrected chi connectivity index (χ1v) is 22.7. The van der Waals surface area contributed by atoms with E-state index < -0.39 is 66.1 Å². The van der Waals surface area contributed by atoms with Gasteiger partial charge < -0.3 is 35.1 Å². The van der Waals surface area contributed by atoms with E-state index in [9.17, 15) is 28.2 Å². The number of halogens is 1. The van der Waals surface area contributed by atoms with Crippen molar-refractivity contribution in [1.29, 1.82) is 0 Å². The lowest BCUT2D eigenvalue weighted by molar-refractivity contribution is 0.168. The summed E-state index contributed by atoms with van der Waals surface area (Å²) in [6, 6.07) is 20.3. The molecule has 0 saturated heterocycles. The number of hydrogen-bond acceptors (Lipinski definition) is 12. The Labute approximate surface area is 373 Å². The minimum absolute atomic E-state index is 0.117. The molecule has 1 heterocycles. The van der Waals surface area contributed by atoms with Gasteiger partial charge in [0.2, 0.25) is 25.9 Å². The molecule has 0 aliphatic heterocycles. The maximum absolute atomic E-state index is 15.6. The van der Waals surface area contributed by atoms with Gasteiger partial charge in [0.1, 0.15) is 27.0 Å². The molecular formula is C40H47IN8O11S2. The van der Waals surface area contributed by atoms with Gasteiger partial charge in [-0.05, 0) is 98.4 Å². The van der Waals surface area contributed by atoms with Gasteiger partial charge in [0.25, 0.3) is 0 Å². The molecule has 2 unspecified atom stereocenters. The Morgan fingerprint density at radius 2 is 1.27 bits per heavy atom. The lowest BCUT2D eigenvalue weighted by Crippen LogP contribution is -2.60. The summed E-state index contributed by atoms with van der Waals surface area (Å²) < 4.78 is 80.9. The normalized spacial score (nSPS) is 13.0. The second-order valence-electron chi connectivity index (χ2n) is 14.9. The lowest BCUT2D eigenvalue weighted by atomic mass is 9.83. The lowest BCUT2D eigenvalue weighted by Gasteiger charge is -2.37. The van der Waals surface area contributed by atoms with Crippen LogP contribution in [0.15, 0.2) is 94.7 Å². The van der Waals surface area contributed by atoms with Gasteiger partial charge in [0.05, 0.1) is 39.5 Å². The van der Waals surface area contributed by atoms with E-state index in [0.717, 1.165) is 15.9 Å². The van der Waals surface area contributed by atoms with Crippen LogP contribution in [0.4, 0.5) is 9.59 Å². The van der Waals surface area contributed by atoms with Gasteiger partial charge in [-0.2, -0.15) is 9.10 Å². The Balaban J connectivity index is 1.74. The van der Waals surface area contributed by atoms with E-state index in [4.69, 9.17) is 14.2 Å². The Kier molecular flexibility index (Phi) is 15.4. The van der Waals surface area contributed by atoms with Gasteiger partial charge in [0, 0.05) is 29.2 Å². The smallest absolute Gasteiger partial charge is 0.404 e. The highest BCUT2D eigenvalue weighted by Crippen LogP contribution is 2.38. The number of carboxylic acid groups (broad SMARTS) is 2. The van der Waals surface area contributed by atoms with Crippen LogP contribution in [0.3, 0.4) is 0 Å². The number of rotatable bonds is 19. The van der Waals surface area contributed by atoms with Crippen molar-refractivity contribution < 1.29 is 50.8 Å². The first kappa shape index (κ1) is 47.5. The van der Waals surface area contributed by atoms with Crippen LogP contribution in [0.5, 0.6) is 17.2 Å². The van der Waals surface area contributed by atoms with E-state index in [1.807, 2.05) is 22.6 Å². The van der Waals surface area contributed by atoms with Crippen molar-refractivity contribution in [2.24, 2.45) is 5.41 Å². The molecule has 0 saturated carbocycles. The van der Waals surface area contributed by atoms with Crippen LogP contribution in [0.25, 0.3) is 11.4 Å². The number of tetrazole rings is 1. The van der Waals surface area contributed by atoms with Gasteiger partial charge in [-0.3, -0.25) is 0 Å². The van der Waals surface area contributed by atoms with E-state index in [2.05, 4.69) is 30.8 Å². The highest BCUT2D eigenvalue weighted by Gasteiger charge is 2.41. The molecular weight excluding hydrogens is 960 g/mol. The predicted molar refractivity (Wildman–Crippen MR) is 235 cm³/mol. The zero-order valence-electron chi connectivity index (χ0n) is 34.6. The SMILES string of the molecule is COc1ccc(CN(Cc2ccc(OC)cc2)S(=O)(=O)c2c(S(=O)(=O)NC(C(CNC(=O)O)NC(=O)O)C(C)(C)C)ccc(I)c2-c2nnn(Cc3ccc(OC)cc3)n2)cc1. The minimum atomic E-state index is -4.96. The van der Waals surface area contributed by atoms with E-state index in [1.165, 1.54) is 32.2 Å². The molecule has 22 heteroatoms. The van der Waals surface area contributed by atoms with Crippen molar-refractivity contribution >= 4 is 54.8 Å². The summed E-state index contributed by atoms with van der Waals surface area (Å²) in [4.78, 5) is 23.3. The van der Waals surface area contributed by atoms with Crippen LogP contribution >= 0.6 is 22.6 Å². The second kappa shape index (κ2) is 20.1. The van der Waals surface area contributed by atoms with Crippen molar-refractivity contribution in [3.63, 3.8) is 0 Å². The summed E-state index contributed by atoms with van der Waals surface area (Å²) in [5.41, 5.74) is 0.610. The molecule has 5 aromatic rings. The zero-order valence-corrected chi connectivity index (χ0v) is 38.4. The predicted octanol–water partition coefficient (Wildman–Crippen LogP) is 5.01. The third-order valence-electron chi connectivity index (χ3n) is 9.55. The summed E-state index contributed by atoms with van der Waals surface area (Å²) >= 11 is 1.88. The first-order valence-electron chi connectivity index (χ1n) is 18.7. The molecule has 0 bridgehead atoms. The quantitative estimate of drug-likeness (QED) is 0.0683. The number of sulfonamides is 2. The van der Waals surface area contributed by atoms with Crippen molar-refractivity contribution in [2.45, 2.75) is 62.3 Å². The molecule has 19 nitrogen and oxygen atoms in total. The Morgan fingerprint density at radius 3 is 1.73 bits per heavy atom. The molecule has 5 N–H and O–H groups in total. The molecule has 332 valence electrons. The Morgan fingerprint density at radius 1 is 0.774 bits per heavy atom. The van der Waals surface area contributed by atoms with Crippen LogP contribution in [0, 0.1) is 8.99 Å². The molecule has 0 spiro atoms. The number of hydrogen-bond donors (Lipinski definition) is 5. The van der Waals surface area contributed by atoms with Gasteiger partial charge in [0.15, 0.2) is 0 Å². The number of nitrogens with zero attached hydrogens (tertiary/aromatic N) is 5. The number of carbonyl (C=O) groups is 2. The number of benzene rings is 4. The zero-order chi connectivity index (χ0) is 45.4. The second-order valence-corrected chi connectivity index (χ2v) is 19.6. The molecule has 0 aliphatic carbocycles. The number of nitrogens with one attached hydrogen (secondary N) is 3. The standard InChI is InChI=1S/C40H47IN8O11S2/c1-40(2,3)36(32(43-39(52)53)21-42-38(50)51)46-61(54,55)33-20-19-31(41)34(37-44-47-49(45-37)24-27-11-17-30(60-6)18-12-27)35(33)62(56,57)48(22-25-7-13-28(58-4)14-8-25)23-26-9-15-29(59-5)16-10-26/h7-20,32,36,42-43,46H,21-24H2,1-6H3,(H,50,51)(H,52,53). The fraction of sp³-hybridized carbons (Fsp3) is 0.325. The van der Waals surface area contributed by atoms with Gasteiger partial charge >= 0.3 is 12.2 Å². The highest BCUT2D eigenvalue weighted by atomic mass is 127. The molecule has 2 amide bonds. The molecule has 0 fully saturated rings. The monoisotopic (exact) mass is 1010 g/mol. The van der Waals surface area contributed by atoms with E-state index >= 15 is 8.42 Å². The van der Waals surface area contributed by atoms with Crippen LogP contribution in [0.1, 0.15) is 37.5 Å². The largest absolute Gasteiger partial charge is 0.497 e. The summed E-state index contributed by atoms with van der Waals surface area (Å²) in [6.07, 6.45) is -3.03. The Bertz CT molecular complexity index is 2520. The van der Waals surface area contributed by atoms with E-state index in [1.54, 1.807) is 93.6 Å². The Hall–Kier alpha value is -5.56. The summed E-state index contributed by atoms with van der Waals surface area (Å²) in [6.45, 7) is 3.97. The number of ether oxygens (including phenoxy) is 3. The van der Waals surface area contributed by atoms with Gasteiger partial charge in [-0.1, -0.05) is 57.2 Å². The third kappa shape index (κ3) is 11.9. The van der Waals surface area contributed by atoms with Crippen molar-refractivity contribution in [3.8, 4) is 28.6 Å². The van der Waals surface area contributed by atoms with Crippen molar-refractivity contribution in [2.75, 3.05) is 27.9 Å². The maximum atomic E-state index is 15.6. The fourth-order valence-corrected chi connectivity index (χ4v) is 11.2. The van der Waals surface area contributed by atoms with E-state index in [-0.39, 0.29) is 34.6 Å². The molecule has 5 rings (SSSR count). The summed E-state index contributed by atoms with van der Waals surface area (Å²) in [5, 5.41) is 36.4. The fourth-order valence-electron chi connectivity index (χ4n) is 6.45. The van der Waals surface area contributed by atoms with Crippen LogP contribution in [-0.4, -0.2) is 104 Å². The number of aromatic nitrogens is 4. The third-order valence-corrected chi connectivity index (χ3v) is 13.9. The summed E-state index contributed by atoms with van der Waals surface area (Å²) in [5.74, 6) is 1.49. The number of methoxy groups -OCH3 is 3. The number of amides is 2. The average molecular weight is 1010 g/mol. The van der Waals surface area contributed by atoms with E-state index in [0.29, 0.717) is 28.4 Å². The van der Waals surface area contributed by atoms with Gasteiger partial charge in [-0.25, -0.2) is 31.1 Å². The van der Waals surface area contributed by atoms with Crippen molar-refractivity contribution in [1.82, 2.24) is 39.9 Å². The summed E-state index contributed by atoms with van der Waals surface area (Å²) in [7, 11) is -5.35. The molecule has 62 heavy (non-hydrogen) atoms. The first-order chi connectivity index (χ1) is 29.2. The maximum Gasteiger partial charge on any atom is 0.404 e. The molecule has 2 atom stereocenters. The topological polar surface area (TPSA) is 253 Å². The highest BCUT2D eigenvalue weighted by molar-refractivity contribution is 14.1. The molecule has 4 aromatic carbocycles. The molecule has 0 radical (unpaired) electrons. The minimum Gasteiger partial charge on any atom is -0.497 e. The van der Waals surface area contributed by atoms with Crippen molar-refractivity contribution in [3.05, 3.63) is 105 Å². The van der Waals surface area contributed by atoms with Gasteiger partial charge in [-0.15, -0.1) is 10.2 Å². The van der Waals surface area contributed by atoms with Crippen LogP contribution in [0.2, 0.25) is 0 Å². The van der Waals surface area contributed by atoms with Crippen LogP contribution < -0.4 is 29.6 Å².